The average Bonchev–Trinajstić information content (AvgIpc) is 2.45. The van der Waals surface area contributed by atoms with E-state index in [1.54, 1.807) is 0 Å². The van der Waals surface area contributed by atoms with Gasteiger partial charge in [0, 0.05) is 8.95 Å². The van der Waals surface area contributed by atoms with Gasteiger partial charge < -0.3 is 14.5 Å². The van der Waals surface area contributed by atoms with Crippen LogP contribution in [0.5, 0.6) is 0 Å². The molecular weight excluding hydrogens is 490 g/mol. The fourth-order valence-corrected chi connectivity index (χ4v) is 4.50. The van der Waals surface area contributed by atoms with E-state index in [0.29, 0.717) is 13.0 Å². The first-order chi connectivity index (χ1) is 12.1. The topological polar surface area (TPSA) is 47.6 Å². The molecule has 0 saturated heterocycles. The molecule has 0 fully saturated rings. The Hall–Kier alpha value is -0.373. The monoisotopic (exact) mass is 521 g/mol. The Bertz CT molecular complexity index is 631. The van der Waals surface area contributed by atoms with Gasteiger partial charge in [0.1, 0.15) is 5.60 Å². The van der Waals surface area contributed by atoms with Crippen LogP contribution in [0.3, 0.4) is 0 Å². The number of halogens is 2. The van der Waals surface area contributed by atoms with Crippen molar-refractivity contribution in [3.05, 3.63) is 32.7 Å². The van der Waals surface area contributed by atoms with Crippen LogP contribution in [0.15, 0.2) is 27.1 Å². The van der Waals surface area contributed by atoms with E-state index < -0.39 is 20.0 Å². The van der Waals surface area contributed by atoms with E-state index in [0.717, 1.165) is 14.5 Å². The third kappa shape index (κ3) is 8.26. The molecule has 7 heteroatoms. The summed E-state index contributed by atoms with van der Waals surface area (Å²) in [7, 11) is -1.93. The Labute approximate surface area is 182 Å². The molecule has 0 aromatic heterocycles. The number of amides is 1. The Morgan fingerprint density at radius 1 is 1.11 bits per heavy atom. The van der Waals surface area contributed by atoms with Crippen LogP contribution in [0.25, 0.3) is 0 Å². The van der Waals surface area contributed by atoms with Crippen LogP contribution in [0, 0.1) is 0 Å². The van der Waals surface area contributed by atoms with E-state index >= 15 is 0 Å². The fraction of sp³-hybridized carbons (Fsp3) is 0.650. The molecule has 1 amide bonds. The first kappa shape index (κ1) is 24.7. The number of nitrogens with one attached hydrogen (secondary N) is 1. The maximum Gasteiger partial charge on any atom is 0.407 e. The summed E-state index contributed by atoms with van der Waals surface area (Å²) in [5, 5.41) is 3.10. The molecule has 1 aromatic carbocycles. The number of rotatable bonds is 6. The largest absolute Gasteiger partial charge is 0.444 e. The van der Waals surface area contributed by atoms with Crippen LogP contribution in [0.4, 0.5) is 4.79 Å². The van der Waals surface area contributed by atoms with Crippen molar-refractivity contribution in [1.82, 2.24) is 5.32 Å². The summed E-state index contributed by atoms with van der Waals surface area (Å²) in [6.07, 6.45) is 0.213. The number of hydrogen-bond acceptors (Lipinski definition) is 3. The highest BCUT2D eigenvalue weighted by molar-refractivity contribution is 9.11. The molecule has 1 atom stereocenters. The average molecular weight is 523 g/mol. The molecule has 1 aromatic rings. The van der Waals surface area contributed by atoms with E-state index in [1.807, 2.05) is 39.0 Å². The molecule has 0 radical (unpaired) electrons. The molecular formula is C20H33Br2NO3Si. The minimum Gasteiger partial charge on any atom is -0.444 e. The molecule has 1 N–H and O–H groups in total. The second-order valence-electron chi connectivity index (χ2n) is 9.32. The van der Waals surface area contributed by atoms with Crippen LogP contribution < -0.4 is 5.32 Å². The van der Waals surface area contributed by atoms with E-state index in [1.165, 1.54) is 0 Å². The first-order valence-corrected chi connectivity index (χ1v) is 13.7. The fourth-order valence-electron chi connectivity index (χ4n) is 2.13. The third-order valence-corrected chi connectivity index (χ3v) is 10.7. The van der Waals surface area contributed by atoms with Crippen molar-refractivity contribution in [2.75, 3.05) is 6.61 Å². The molecule has 0 aliphatic rings. The van der Waals surface area contributed by atoms with Crippen LogP contribution in [0.1, 0.15) is 47.1 Å². The second-order valence-corrected chi connectivity index (χ2v) is 15.8. The molecule has 0 aliphatic carbocycles. The van der Waals surface area contributed by atoms with Crippen molar-refractivity contribution in [3.8, 4) is 0 Å². The van der Waals surface area contributed by atoms with Gasteiger partial charge >= 0.3 is 6.09 Å². The quantitative estimate of drug-likeness (QED) is 0.424. The highest BCUT2D eigenvalue weighted by atomic mass is 79.9. The van der Waals surface area contributed by atoms with Gasteiger partial charge in [0.2, 0.25) is 0 Å². The molecule has 0 bridgehead atoms. The molecule has 1 rings (SSSR count). The lowest BCUT2D eigenvalue weighted by Gasteiger charge is -2.37. The van der Waals surface area contributed by atoms with Gasteiger partial charge in [-0.3, -0.25) is 0 Å². The summed E-state index contributed by atoms with van der Waals surface area (Å²) in [4.78, 5) is 12.3. The van der Waals surface area contributed by atoms with Gasteiger partial charge in [-0.25, -0.2) is 4.79 Å². The zero-order valence-electron chi connectivity index (χ0n) is 17.7. The SMILES string of the molecule is CC(C)(C)OC(=O)N[C@@H](CO[Si](C)(C)C(C)(C)C)Cc1c(Br)cccc1Br. The van der Waals surface area contributed by atoms with Gasteiger partial charge in [-0.15, -0.1) is 0 Å². The lowest BCUT2D eigenvalue weighted by molar-refractivity contribution is 0.0485. The Balaban J connectivity index is 2.97. The smallest absolute Gasteiger partial charge is 0.407 e. The van der Waals surface area contributed by atoms with Gasteiger partial charge in [-0.05, 0) is 63.0 Å². The summed E-state index contributed by atoms with van der Waals surface area (Å²) in [5.41, 5.74) is 0.556. The van der Waals surface area contributed by atoms with Crippen molar-refractivity contribution in [3.63, 3.8) is 0 Å². The highest BCUT2D eigenvalue weighted by Crippen LogP contribution is 2.36. The minimum absolute atomic E-state index is 0.109. The van der Waals surface area contributed by atoms with Crippen LogP contribution in [-0.2, 0) is 15.6 Å². The molecule has 0 spiro atoms. The van der Waals surface area contributed by atoms with Gasteiger partial charge in [-0.1, -0.05) is 58.7 Å². The zero-order chi connectivity index (χ0) is 21.0. The number of benzene rings is 1. The summed E-state index contributed by atoms with van der Waals surface area (Å²) in [6, 6.07) is 5.78. The standard InChI is InChI=1S/C20H33Br2NO3Si/c1-19(2,3)26-18(24)23-14(13-25-27(7,8)20(4,5)6)12-15-16(21)10-9-11-17(15)22/h9-11,14H,12-13H2,1-8H3,(H,23,24)/t14-/m1/s1. The molecule has 4 nitrogen and oxygen atoms in total. The van der Waals surface area contributed by atoms with Crippen LogP contribution >= 0.6 is 31.9 Å². The number of alkyl carbamates (subject to hydrolysis) is 1. The van der Waals surface area contributed by atoms with Crippen LogP contribution in [0.2, 0.25) is 18.1 Å². The molecule has 154 valence electrons. The normalized spacial score (nSPS) is 14.0. The van der Waals surface area contributed by atoms with Gasteiger partial charge in [0.25, 0.3) is 0 Å². The van der Waals surface area contributed by atoms with Crippen molar-refractivity contribution in [2.24, 2.45) is 0 Å². The Kier molecular flexibility index (Phi) is 8.60. The number of hydrogen-bond donors (Lipinski definition) is 1. The van der Waals surface area contributed by atoms with Crippen molar-refractivity contribution >= 4 is 46.3 Å². The molecule has 0 heterocycles. The van der Waals surface area contributed by atoms with E-state index in [9.17, 15) is 4.79 Å². The van der Waals surface area contributed by atoms with Crippen molar-refractivity contribution in [2.45, 2.75) is 77.7 Å². The predicted molar refractivity (Wildman–Crippen MR) is 122 cm³/mol. The lowest BCUT2D eigenvalue weighted by Crippen LogP contribution is -2.48. The van der Waals surface area contributed by atoms with Gasteiger partial charge in [-0.2, -0.15) is 0 Å². The second kappa shape index (κ2) is 9.42. The summed E-state index contributed by atoms with van der Waals surface area (Å²) < 4.78 is 13.8. The van der Waals surface area contributed by atoms with E-state index in [4.69, 9.17) is 9.16 Å². The van der Waals surface area contributed by atoms with E-state index in [2.05, 4.69) is 71.0 Å². The highest BCUT2D eigenvalue weighted by Gasteiger charge is 2.38. The van der Waals surface area contributed by atoms with Crippen molar-refractivity contribution in [1.29, 1.82) is 0 Å². The molecule has 27 heavy (non-hydrogen) atoms. The van der Waals surface area contributed by atoms with E-state index in [-0.39, 0.29) is 11.1 Å². The summed E-state index contributed by atoms with van der Waals surface area (Å²) in [5.74, 6) is 0. The maximum absolute atomic E-state index is 12.3. The van der Waals surface area contributed by atoms with Crippen LogP contribution in [-0.4, -0.2) is 32.7 Å². The summed E-state index contributed by atoms with van der Waals surface area (Å²) in [6.45, 7) is 17.1. The number of carbonyl (C=O) groups is 1. The molecule has 0 aliphatic heterocycles. The minimum atomic E-state index is -1.93. The van der Waals surface area contributed by atoms with Gasteiger partial charge in [0.15, 0.2) is 8.32 Å². The third-order valence-electron chi connectivity index (χ3n) is 4.68. The Morgan fingerprint density at radius 3 is 2.07 bits per heavy atom. The molecule has 0 saturated carbocycles. The predicted octanol–water partition coefficient (Wildman–Crippen LogP) is 6.67. The Morgan fingerprint density at radius 2 is 1.63 bits per heavy atom. The number of carbonyl (C=O) groups excluding carboxylic acids is 1. The first-order valence-electron chi connectivity index (χ1n) is 9.19. The van der Waals surface area contributed by atoms with Crippen molar-refractivity contribution < 1.29 is 14.0 Å². The zero-order valence-corrected chi connectivity index (χ0v) is 21.9. The molecule has 0 unspecified atom stereocenters. The van der Waals surface area contributed by atoms with Gasteiger partial charge in [0.05, 0.1) is 12.6 Å². The summed E-state index contributed by atoms with van der Waals surface area (Å²) >= 11 is 7.21. The lowest BCUT2D eigenvalue weighted by atomic mass is 10.1. The number of ether oxygens (including phenoxy) is 1. The maximum atomic E-state index is 12.3.